The normalized spacial score (nSPS) is 13.7. The van der Waals surface area contributed by atoms with E-state index in [4.69, 9.17) is 15.0 Å². The van der Waals surface area contributed by atoms with E-state index in [1.807, 2.05) is 55.5 Å². The van der Waals surface area contributed by atoms with Crippen molar-refractivity contribution >= 4 is 16.7 Å². The monoisotopic (exact) mass is 589 g/mol. The van der Waals surface area contributed by atoms with Crippen LogP contribution >= 0.6 is 0 Å². The van der Waals surface area contributed by atoms with Gasteiger partial charge in [-0.2, -0.15) is 0 Å². The van der Waals surface area contributed by atoms with E-state index < -0.39 is 0 Å². The Bertz CT molecular complexity index is 1570. The van der Waals surface area contributed by atoms with Crippen LogP contribution in [0, 0.1) is 0 Å². The highest BCUT2D eigenvalue weighted by molar-refractivity contribution is 5.88. The van der Waals surface area contributed by atoms with E-state index in [9.17, 15) is 0 Å². The zero-order valence-corrected chi connectivity index (χ0v) is 26.5. The van der Waals surface area contributed by atoms with Gasteiger partial charge < -0.3 is 0 Å². The van der Waals surface area contributed by atoms with Crippen LogP contribution < -0.4 is 0 Å². The molecule has 0 aliphatic rings. The number of hydrogen-bond donors (Lipinski definition) is 0. The number of allylic oxidation sites excluding steroid dienone is 27. The molecular formula is C42H43N3. The molecule has 0 fully saturated rings. The lowest BCUT2D eigenvalue weighted by molar-refractivity contribution is 0.964. The first-order chi connectivity index (χ1) is 21.8. The van der Waals surface area contributed by atoms with Crippen LogP contribution in [0.25, 0.3) is 16.7 Å². The number of rotatable bonds is 19. The zero-order valence-electron chi connectivity index (χ0n) is 26.5. The Balaban J connectivity index is 4.60. The Morgan fingerprint density at radius 3 is 1.04 bits per heavy atom. The third-order valence-corrected chi connectivity index (χ3v) is 6.19. The Morgan fingerprint density at radius 2 is 0.756 bits per heavy atom. The minimum Gasteiger partial charge on any atom is -0.208 e. The summed E-state index contributed by atoms with van der Waals surface area (Å²) < 4.78 is 0. The molecule has 0 aromatic carbocycles. The van der Waals surface area contributed by atoms with E-state index in [0.717, 1.165) is 27.9 Å². The average Bonchev–Trinajstić information content (AvgIpc) is 3.05. The lowest BCUT2D eigenvalue weighted by Gasteiger charge is -2.18. The average molecular weight is 590 g/mol. The van der Waals surface area contributed by atoms with Crippen molar-refractivity contribution in [2.75, 3.05) is 0 Å². The summed E-state index contributed by atoms with van der Waals surface area (Å²) in [5.74, 6) is 1.15. The van der Waals surface area contributed by atoms with Gasteiger partial charge in [-0.1, -0.05) is 182 Å². The maximum absolute atomic E-state index is 5.03. The molecule has 3 heteroatoms. The Morgan fingerprint density at radius 1 is 0.422 bits per heavy atom. The van der Waals surface area contributed by atoms with Crippen molar-refractivity contribution in [3.63, 3.8) is 0 Å². The predicted molar refractivity (Wildman–Crippen MR) is 201 cm³/mol. The smallest absolute Gasteiger partial charge is 0.164 e. The van der Waals surface area contributed by atoms with Crippen LogP contribution in [-0.2, 0) is 0 Å². The lowest BCUT2D eigenvalue weighted by Crippen LogP contribution is -2.11. The van der Waals surface area contributed by atoms with E-state index >= 15 is 0 Å². The van der Waals surface area contributed by atoms with Crippen molar-refractivity contribution in [1.82, 2.24) is 15.0 Å². The van der Waals surface area contributed by atoms with Gasteiger partial charge in [-0.3, -0.25) is 0 Å². The van der Waals surface area contributed by atoms with Gasteiger partial charge in [-0.25, -0.2) is 15.0 Å². The molecule has 0 aliphatic carbocycles. The molecule has 0 N–H and O–H groups in total. The van der Waals surface area contributed by atoms with Crippen LogP contribution in [0.5, 0.6) is 0 Å². The van der Waals surface area contributed by atoms with Crippen LogP contribution in [0.2, 0.25) is 0 Å². The first-order valence-electron chi connectivity index (χ1n) is 14.1. The standard InChI is InChI=1S/C42H43N3/c1-13-24-32(21-9)36(27-16-4)38(29-18-6)41-43-40(34(23-11)35(26-15-3)31(12)20-8)44-42(45-41)39(30-19-7)37(28-17-5)33(22-10)25-14-2/h13-30H,1-10,12H2,11H3/b32-24-,33-25-,34-23+,35-26+,36-27+,37-28+,38-29+,39-30+. The highest BCUT2D eigenvalue weighted by Crippen LogP contribution is 2.34. The molecule has 45 heavy (non-hydrogen) atoms. The fourth-order valence-electron chi connectivity index (χ4n) is 4.25. The van der Waals surface area contributed by atoms with Crippen LogP contribution in [-0.4, -0.2) is 15.0 Å². The Hall–Kier alpha value is -5.93. The minimum atomic E-state index is 0.377. The molecule has 3 nitrogen and oxygen atoms in total. The number of nitrogens with zero attached hydrogens (tertiary/aromatic N) is 3. The maximum Gasteiger partial charge on any atom is 0.164 e. The molecule has 1 rings (SSSR count). The van der Waals surface area contributed by atoms with E-state index in [-0.39, 0.29) is 0 Å². The van der Waals surface area contributed by atoms with Gasteiger partial charge in [0.25, 0.3) is 0 Å². The summed E-state index contributed by atoms with van der Waals surface area (Å²) in [4.78, 5) is 15.0. The van der Waals surface area contributed by atoms with Gasteiger partial charge >= 0.3 is 0 Å². The van der Waals surface area contributed by atoms with Crippen LogP contribution in [0.1, 0.15) is 24.4 Å². The molecule has 0 aliphatic heterocycles. The van der Waals surface area contributed by atoms with Gasteiger partial charge in [0.05, 0.1) is 0 Å². The van der Waals surface area contributed by atoms with Crippen molar-refractivity contribution in [2.45, 2.75) is 6.92 Å². The molecule has 0 amide bonds. The van der Waals surface area contributed by atoms with E-state index in [2.05, 4.69) is 72.4 Å². The zero-order chi connectivity index (χ0) is 33.8. The summed E-state index contributed by atoms with van der Waals surface area (Å²) in [5.41, 5.74) is 6.57. The molecule has 0 saturated carbocycles. The SMILES string of the molecule is C=C\C=C(C=C)/C(=C\C=C)C(=C\C=C)/c1nc(C(=C/C)/C(=C/C=C)C(=C)C=C)nc(C(=C/C=C)/C(=C/C=C)C(/C=C)=C\C=C)n1. The third-order valence-electron chi connectivity index (χ3n) is 6.19. The molecule has 1 aromatic rings. The van der Waals surface area contributed by atoms with Crippen molar-refractivity contribution in [2.24, 2.45) is 0 Å². The summed E-state index contributed by atoms with van der Waals surface area (Å²) in [6.07, 6.45) is 31.8. The molecule has 1 aromatic heterocycles. The van der Waals surface area contributed by atoms with Gasteiger partial charge in [0.2, 0.25) is 0 Å². The highest BCUT2D eigenvalue weighted by Gasteiger charge is 2.22. The van der Waals surface area contributed by atoms with E-state index in [0.29, 0.717) is 39.8 Å². The van der Waals surface area contributed by atoms with Crippen molar-refractivity contribution in [3.05, 3.63) is 233 Å². The fourth-order valence-corrected chi connectivity index (χ4v) is 4.25. The highest BCUT2D eigenvalue weighted by atomic mass is 15.0. The first kappa shape index (κ1) is 37.1. The third kappa shape index (κ3) is 9.81. The summed E-state index contributed by atoms with van der Waals surface area (Å²) in [5, 5.41) is 0. The van der Waals surface area contributed by atoms with Crippen molar-refractivity contribution in [3.8, 4) is 0 Å². The van der Waals surface area contributed by atoms with Gasteiger partial charge in [0.1, 0.15) is 0 Å². The Labute approximate surface area is 270 Å². The molecule has 0 atom stereocenters. The van der Waals surface area contributed by atoms with Crippen molar-refractivity contribution < 1.29 is 0 Å². The molecule has 0 spiro atoms. The summed E-state index contributed by atoms with van der Waals surface area (Å²) in [7, 11) is 0. The molecule has 0 unspecified atom stereocenters. The number of aromatic nitrogens is 3. The molecule has 0 radical (unpaired) electrons. The largest absolute Gasteiger partial charge is 0.208 e. The van der Waals surface area contributed by atoms with Crippen LogP contribution in [0.3, 0.4) is 0 Å². The second-order valence-corrected chi connectivity index (χ2v) is 8.94. The Kier molecular flexibility index (Phi) is 16.5. The summed E-state index contributed by atoms with van der Waals surface area (Å²) >= 11 is 0. The van der Waals surface area contributed by atoms with E-state index in [1.165, 1.54) is 0 Å². The quantitative estimate of drug-likeness (QED) is 0.151. The minimum absolute atomic E-state index is 0.377. The lowest BCUT2D eigenvalue weighted by atomic mass is 9.93. The molecule has 0 bridgehead atoms. The predicted octanol–water partition coefficient (Wildman–Crippen LogP) is 11.1. The molecule has 0 saturated heterocycles. The fraction of sp³-hybridized carbons (Fsp3) is 0.0238. The van der Waals surface area contributed by atoms with Gasteiger partial charge in [0, 0.05) is 16.7 Å². The second-order valence-electron chi connectivity index (χ2n) is 8.94. The van der Waals surface area contributed by atoms with Crippen molar-refractivity contribution in [1.29, 1.82) is 0 Å². The molecule has 1 heterocycles. The van der Waals surface area contributed by atoms with E-state index in [1.54, 1.807) is 60.8 Å². The maximum atomic E-state index is 5.03. The van der Waals surface area contributed by atoms with Gasteiger partial charge in [-0.15, -0.1) is 0 Å². The molecule has 226 valence electrons. The summed E-state index contributed by atoms with van der Waals surface area (Å²) in [6, 6.07) is 0. The number of hydrogen-bond acceptors (Lipinski definition) is 3. The van der Waals surface area contributed by atoms with Crippen LogP contribution in [0.15, 0.2) is 215 Å². The topological polar surface area (TPSA) is 38.7 Å². The first-order valence-corrected chi connectivity index (χ1v) is 14.1. The second kappa shape index (κ2) is 20.1. The van der Waals surface area contributed by atoms with Gasteiger partial charge in [-0.05, 0) is 40.4 Å². The van der Waals surface area contributed by atoms with Gasteiger partial charge in [0.15, 0.2) is 17.5 Å². The van der Waals surface area contributed by atoms with Crippen LogP contribution in [0.4, 0.5) is 0 Å². The summed E-state index contributed by atoms with van der Waals surface area (Å²) in [6.45, 7) is 45.4. The molecular weight excluding hydrogens is 546 g/mol.